The molecule has 0 saturated carbocycles. The van der Waals surface area contributed by atoms with Gasteiger partial charge in [-0.2, -0.15) is 4.98 Å². The average molecular weight is 349 g/mol. The van der Waals surface area contributed by atoms with Crippen LogP contribution in [0.2, 0.25) is 0 Å². The van der Waals surface area contributed by atoms with Crippen molar-refractivity contribution >= 4 is 0 Å². The Balaban J connectivity index is 1.43. The van der Waals surface area contributed by atoms with Gasteiger partial charge >= 0.3 is 0 Å². The van der Waals surface area contributed by atoms with Crippen molar-refractivity contribution in [1.82, 2.24) is 15.0 Å². The van der Waals surface area contributed by atoms with Crippen LogP contribution in [0.1, 0.15) is 17.9 Å². The molecule has 0 spiro atoms. The third-order valence-corrected chi connectivity index (χ3v) is 4.93. The molecule has 5 heteroatoms. The highest BCUT2D eigenvalue weighted by atomic mass is 16.5. The van der Waals surface area contributed by atoms with Gasteiger partial charge in [0.15, 0.2) is 0 Å². The SMILES string of the molecule is CO[C@H]1CCN(Cc2ccc(-c3ccc(-c4noc(C)n4)cc3)cc2)C1. The van der Waals surface area contributed by atoms with Gasteiger partial charge in [0, 0.05) is 39.2 Å². The quantitative estimate of drug-likeness (QED) is 0.698. The molecular weight excluding hydrogens is 326 g/mol. The number of nitrogens with zero attached hydrogens (tertiary/aromatic N) is 3. The fourth-order valence-electron chi connectivity index (χ4n) is 3.42. The number of rotatable bonds is 5. The molecule has 0 bridgehead atoms. The molecule has 1 aliphatic heterocycles. The summed E-state index contributed by atoms with van der Waals surface area (Å²) in [5.74, 6) is 1.21. The number of benzene rings is 2. The van der Waals surface area contributed by atoms with Crippen LogP contribution < -0.4 is 0 Å². The van der Waals surface area contributed by atoms with E-state index in [9.17, 15) is 0 Å². The summed E-state index contributed by atoms with van der Waals surface area (Å²) in [5, 5.41) is 3.96. The van der Waals surface area contributed by atoms with Gasteiger partial charge in [0.1, 0.15) is 0 Å². The highest BCUT2D eigenvalue weighted by Crippen LogP contribution is 2.24. The Labute approximate surface area is 153 Å². The summed E-state index contributed by atoms with van der Waals surface area (Å²) in [6.07, 6.45) is 1.51. The Bertz CT molecular complexity index is 856. The lowest BCUT2D eigenvalue weighted by molar-refractivity contribution is 0.107. The lowest BCUT2D eigenvalue weighted by atomic mass is 10.0. The lowest BCUT2D eigenvalue weighted by Crippen LogP contribution is -2.22. The molecule has 2 aromatic carbocycles. The maximum atomic E-state index is 5.44. The Morgan fingerprint density at radius 2 is 1.69 bits per heavy atom. The molecule has 1 saturated heterocycles. The zero-order chi connectivity index (χ0) is 17.9. The van der Waals surface area contributed by atoms with Crippen molar-refractivity contribution in [3.8, 4) is 22.5 Å². The van der Waals surface area contributed by atoms with Gasteiger partial charge in [-0.1, -0.05) is 53.7 Å². The lowest BCUT2D eigenvalue weighted by Gasteiger charge is -2.15. The summed E-state index contributed by atoms with van der Waals surface area (Å²) < 4.78 is 10.5. The van der Waals surface area contributed by atoms with E-state index in [0.717, 1.165) is 31.6 Å². The summed E-state index contributed by atoms with van der Waals surface area (Å²) in [7, 11) is 1.80. The highest BCUT2D eigenvalue weighted by Gasteiger charge is 2.21. The molecule has 0 aliphatic carbocycles. The minimum Gasteiger partial charge on any atom is -0.380 e. The summed E-state index contributed by atoms with van der Waals surface area (Å²) in [6.45, 7) is 4.91. The van der Waals surface area contributed by atoms with Crippen molar-refractivity contribution in [3.05, 3.63) is 60.0 Å². The second-order valence-corrected chi connectivity index (χ2v) is 6.79. The standard InChI is InChI=1S/C21H23N3O2/c1-15-22-21(23-26-15)19-9-7-18(8-10-19)17-5-3-16(4-6-17)13-24-12-11-20(14-24)25-2/h3-10,20H,11-14H2,1-2H3/t20-/m0/s1. The van der Waals surface area contributed by atoms with Gasteiger partial charge in [0.25, 0.3) is 0 Å². The number of methoxy groups -OCH3 is 1. The van der Waals surface area contributed by atoms with E-state index in [2.05, 4.69) is 51.4 Å². The fourth-order valence-corrected chi connectivity index (χ4v) is 3.42. The first-order valence-corrected chi connectivity index (χ1v) is 8.96. The van der Waals surface area contributed by atoms with Crippen LogP contribution in [0.5, 0.6) is 0 Å². The van der Waals surface area contributed by atoms with Gasteiger partial charge in [-0.25, -0.2) is 0 Å². The molecule has 0 amide bonds. The molecule has 4 rings (SSSR count). The van der Waals surface area contributed by atoms with E-state index < -0.39 is 0 Å². The van der Waals surface area contributed by atoms with E-state index in [-0.39, 0.29) is 0 Å². The summed E-state index contributed by atoms with van der Waals surface area (Å²) >= 11 is 0. The van der Waals surface area contributed by atoms with Gasteiger partial charge in [-0.15, -0.1) is 0 Å². The van der Waals surface area contributed by atoms with E-state index in [4.69, 9.17) is 9.26 Å². The number of hydrogen-bond donors (Lipinski definition) is 0. The Morgan fingerprint density at radius 3 is 2.27 bits per heavy atom. The van der Waals surface area contributed by atoms with Gasteiger partial charge in [-0.05, 0) is 23.1 Å². The van der Waals surface area contributed by atoms with E-state index >= 15 is 0 Å². The predicted molar refractivity (Wildman–Crippen MR) is 101 cm³/mol. The number of likely N-dealkylation sites (tertiary alicyclic amines) is 1. The number of aromatic nitrogens is 2. The largest absolute Gasteiger partial charge is 0.380 e. The number of aryl methyl sites for hydroxylation is 1. The van der Waals surface area contributed by atoms with Crippen LogP contribution >= 0.6 is 0 Å². The van der Waals surface area contributed by atoms with E-state index in [0.29, 0.717) is 17.8 Å². The third-order valence-electron chi connectivity index (χ3n) is 4.93. The molecule has 26 heavy (non-hydrogen) atoms. The highest BCUT2D eigenvalue weighted by molar-refractivity contribution is 5.67. The zero-order valence-corrected chi connectivity index (χ0v) is 15.2. The van der Waals surface area contributed by atoms with E-state index in [1.807, 2.05) is 12.1 Å². The van der Waals surface area contributed by atoms with Gasteiger partial charge in [0.2, 0.25) is 11.7 Å². The Kier molecular flexibility index (Phi) is 4.82. The summed E-state index contributed by atoms with van der Waals surface area (Å²) in [5.41, 5.74) is 4.69. The summed E-state index contributed by atoms with van der Waals surface area (Å²) in [6, 6.07) is 17.1. The van der Waals surface area contributed by atoms with Crippen LogP contribution in [0.25, 0.3) is 22.5 Å². The monoisotopic (exact) mass is 349 g/mol. The molecule has 1 aromatic heterocycles. The molecule has 5 nitrogen and oxygen atoms in total. The molecule has 1 fully saturated rings. The van der Waals surface area contributed by atoms with Crippen molar-refractivity contribution in [2.75, 3.05) is 20.2 Å². The maximum Gasteiger partial charge on any atom is 0.223 e. The smallest absolute Gasteiger partial charge is 0.223 e. The van der Waals surface area contributed by atoms with Crippen molar-refractivity contribution in [2.45, 2.75) is 26.0 Å². The first-order valence-electron chi connectivity index (χ1n) is 8.96. The molecule has 0 radical (unpaired) electrons. The third kappa shape index (κ3) is 3.69. The minimum atomic E-state index is 0.385. The van der Waals surface area contributed by atoms with Crippen LogP contribution in [0.4, 0.5) is 0 Å². The zero-order valence-electron chi connectivity index (χ0n) is 15.2. The molecule has 2 heterocycles. The fraction of sp³-hybridized carbons (Fsp3) is 0.333. The average Bonchev–Trinajstić information content (AvgIpc) is 3.31. The normalized spacial score (nSPS) is 17.7. The van der Waals surface area contributed by atoms with E-state index in [1.165, 1.54) is 16.7 Å². The molecule has 3 aromatic rings. The van der Waals surface area contributed by atoms with Gasteiger partial charge in [-0.3, -0.25) is 4.90 Å². The topological polar surface area (TPSA) is 51.4 Å². The Hall–Kier alpha value is -2.50. The maximum absolute atomic E-state index is 5.44. The first-order chi connectivity index (χ1) is 12.7. The molecule has 0 unspecified atom stereocenters. The van der Waals surface area contributed by atoms with Crippen molar-refractivity contribution in [1.29, 1.82) is 0 Å². The molecule has 1 atom stereocenters. The van der Waals surface area contributed by atoms with Crippen molar-refractivity contribution < 1.29 is 9.26 Å². The molecule has 134 valence electrons. The summed E-state index contributed by atoms with van der Waals surface area (Å²) in [4.78, 5) is 6.71. The van der Waals surface area contributed by atoms with Crippen molar-refractivity contribution in [2.24, 2.45) is 0 Å². The van der Waals surface area contributed by atoms with E-state index in [1.54, 1.807) is 14.0 Å². The van der Waals surface area contributed by atoms with Crippen LogP contribution in [-0.2, 0) is 11.3 Å². The molecule has 0 N–H and O–H groups in total. The van der Waals surface area contributed by atoms with Crippen LogP contribution in [0, 0.1) is 6.92 Å². The predicted octanol–water partition coefficient (Wildman–Crippen LogP) is 3.93. The van der Waals surface area contributed by atoms with Gasteiger partial charge in [0.05, 0.1) is 6.10 Å². The molecular formula is C21H23N3O2. The van der Waals surface area contributed by atoms with Crippen LogP contribution in [0.3, 0.4) is 0 Å². The Morgan fingerprint density at radius 1 is 1.04 bits per heavy atom. The minimum absolute atomic E-state index is 0.385. The van der Waals surface area contributed by atoms with Crippen LogP contribution in [0.15, 0.2) is 53.1 Å². The number of ether oxygens (including phenoxy) is 1. The van der Waals surface area contributed by atoms with Crippen molar-refractivity contribution in [3.63, 3.8) is 0 Å². The molecule has 1 aliphatic rings. The second-order valence-electron chi connectivity index (χ2n) is 6.79. The number of hydrogen-bond acceptors (Lipinski definition) is 5. The van der Waals surface area contributed by atoms with Crippen LogP contribution in [-0.4, -0.2) is 41.3 Å². The van der Waals surface area contributed by atoms with Gasteiger partial charge < -0.3 is 9.26 Å². The second kappa shape index (κ2) is 7.40. The first kappa shape index (κ1) is 16.9.